The van der Waals surface area contributed by atoms with E-state index in [2.05, 4.69) is 25.1 Å². The number of fused-ring (bicyclic) bond motifs is 1. The molecule has 0 aliphatic heterocycles. The highest BCUT2D eigenvalue weighted by Gasteiger charge is 2.17. The van der Waals surface area contributed by atoms with Gasteiger partial charge in [-0.15, -0.1) is 0 Å². The van der Waals surface area contributed by atoms with Crippen LogP contribution in [0.4, 0.5) is 0 Å². The normalized spacial score (nSPS) is 13.9. The Bertz CT molecular complexity index is 644. The van der Waals surface area contributed by atoms with Gasteiger partial charge in [0.1, 0.15) is 12.4 Å². The molecule has 0 saturated carbocycles. The van der Waals surface area contributed by atoms with Crippen LogP contribution in [-0.4, -0.2) is 5.78 Å². The van der Waals surface area contributed by atoms with Crippen molar-refractivity contribution >= 4 is 5.78 Å². The average Bonchev–Trinajstić information content (AvgIpc) is 2.46. The summed E-state index contributed by atoms with van der Waals surface area (Å²) in [5, 5.41) is 0. The molecule has 2 heteroatoms. The fourth-order valence-corrected chi connectivity index (χ4v) is 2.67. The molecule has 0 radical (unpaired) electrons. The van der Waals surface area contributed by atoms with Gasteiger partial charge in [0.2, 0.25) is 0 Å². The molecule has 0 bridgehead atoms. The maximum absolute atomic E-state index is 11.9. The maximum atomic E-state index is 11.9. The molecule has 0 atom stereocenters. The summed E-state index contributed by atoms with van der Waals surface area (Å²) < 4.78 is 5.81. The number of rotatable bonds is 3. The van der Waals surface area contributed by atoms with Crippen molar-refractivity contribution in [3.63, 3.8) is 0 Å². The van der Waals surface area contributed by atoms with Crippen LogP contribution < -0.4 is 4.74 Å². The smallest absolute Gasteiger partial charge is 0.163 e. The molecular weight excluding hydrogens is 248 g/mol. The van der Waals surface area contributed by atoms with Crippen molar-refractivity contribution < 1.29 is 9.53 Å². The predicted molar refractivity (Wildman–Crippen MR) is 79.2 cm³/mol. The zero-order valence-electron chi connectivity index (χ0n) is 11.7. The molecule has 20 heavy (non-hydrogen) atoms. The van der Waals surface area contributed by atoms with Crippen LogP contribution in [0.25, 0.3) is 0 Å². The Morgan fingerprint density at radius 2 is 2.00 bits per heavy atom. The molecule has 0 saturated heterocycles. The molecule has 0 unspecified atom stereocenters. The van der Waals surface area contributed by atoms with Crippen molar-refractivity contribution in [2.45, 2.75) is 32.8 Å². The molecule has 2 aromatic rings. The van der Waals surface area contributed by atoms with Crippen LogP contribution in [0.1, 0.15) is 39.9 Å². The Hall–Kier alpha value is -2.09. The fraction of sp³-hybridized carbons (Fsp3) is 0.278. The average molecular weight is 266 g/mol. The van der Waals surface area contributed by atoms with Gasteiger partial charge in [-0.1, -0.05) is 35.9 Å². The molecule has 1 aliphatic rings. The zero-order valence-corrected chi connectivity index (χ0v) is 11.7. The first-order chi connectivity index (χ1) is 9.72. The summed E-state index contributed by atoms with van der Waals surface area (Å²) in [6.07, 6.45) is 2.63. The van der Waals surface area contributed by atoms with Crippen molar-refractivity contribution in [1.29, 1.82) is 0 Å². The lowest BCUT2D eigenvalue weighted by molar-refractivity contribution is 0.0972. The first-order valence-corrected chi connectivity index (χ1v) is 7.07. The van der Waals surface area contributed by atoms with E-state index in [1.54, 1.807) is 0 Å². The lowest BCUT2D eigenvalue weighted by Crippen LogP contribution is -2.10. The molecule has 0 heterocycles. The molecule has 0 spiro atoms. The molecule has 0 N–H and O–H groups in total. The monoisotopic (exact) mass is 266 g/mol. The topological polar surface area (TPSA) is 26.3 Å². The number of ketones is 1. The summed E-state index contributed by atoms with van der Waals surface area (Å²) in [4.78, 5) is 11.9. The summed E-state index contributed by atoms with van der Waals surface area (Å²) >= 11 is 0. The Morgan fingerprint density at radius 3 is 2.85 bits per heavy atom. The van der Waals surface area contributed by atoms with Crippen LogP contribution in [0.15, 0.2) is 42.5 Å². The summed E-state index contributed by atoms with van der Waals surface area (Å²) in [7, 11) is 0. The number of aryl methyl sites for hydroxylation is 2. The van der Waals surface area contributed by atoms with Gasteiger partial charge in [-0.05, 0) is 43.0 Å². The molecule has 102 valence electrons. The van der Waals surface area contributed by atoms with E-state index in [9.17, 15) is 4.79 Å². The lowest BCUT2D eigenvalue weighted by Gasteiger charge is -2.16. The quantitative estimate of drug-likeness (QED) is 0.836. The highest BCUT2D eigenvalue weighted by molar-refractivity contribution is 5.98. The van der Waals surface area contributed by atoms with E-state index in [0.717, 1.165) is 35.3 Å². The van der Waals surface area contributed by atoms with Crippen LogP contribution in [0.3, 0.4) is 0 Å². The maximum Gasteiger partial charge on any atom is 0.163 e. The van der Waals surface area contributed by atoms with E-state index >= 15 is 0 Å². The Balaban J connectivity index is 1.75. The second-order valence-corrected chi connectivity index (χ2v) is 5.37. The number of hydrogen-bond donors (Lipinski definition) is 0. The Morgan fingerprint density at radius 1 is 1.10 bits per heavy atom. The van der Waals surface area contributed by atoms with Gasteiger partial charge in [0, 0.05) is 12.0 Å². The molecule has 2 nitrogen and oxygen atoms in total. The highest BCUT2D eigenvalue weighted by atomic mass is 16.5. The molecule has 0 fully saturated rings. The summed E-state index contributed by atoms with van der Waals surface area (Å²) in [5.41, 5.74) is 4.38. The van der Waals surface area contributed by atoms with Crippen LogP contribution in [0.5, 0.6) is 5.75 Å². The largest absolute Gasteiger partial charge is 0.489 e. The number of benzene rings is 2. The van der Waals surface area contributed by atoms with Crippen LogP contribution >= 0.6 is 0 Å². The van der Waals surface area contributed by atoms with E-state index in [-0.39, 0.29) is 5.78 Å². The van der Waals surface area contributed by atoms with Gasteiger partial charge < -0.3 is 4.74 Å². The molecule has 3 rings (SSSR count). The third kappa shape index (κ3) is 2.74. The van der Waals surface area contributed by atoms with E-state index in [1.165, 1.54) is 5.56 Å². The number of carbonyl (C=O) groups excluding carboxylic acids is 1. The summed E-state index contributed by atoms with van der Waals surface area (Å²) in [6, 6.07) is 14.2. The highest BCUT2D eigenvalue weighted by Crippen LogP contribution is 2.25. The predicted octanol–water partition coefficient (Wildman–Crippen LogP) is 4.09. The van der Waals surface area contributed by atoms with Gasteiger partial charge in [0.15, 0.2) is 5.78 Å². The fourth-order valence-electron chi connectivity index (χ4n) is 2.67. The molecular formula is C18H18O2. The van der Waals surface area contributed by atoms with Gasteiger partial charge in [0.25, 0.3) is 0 Å². The SMILES string of the molecule is Cc1cccc(COc2ccc3c(c2)C(=O)CCC3)c1. The first-order valence-electron chi connectivity index (χ1n) is 7.07. The number of ether oxygens (including phenoxy) is 1. The Labute approximate surface area is 119 Å². The number of Topliss-reactive ketones (excluding diaryl/α,β-unsaturated/α-hetero) is 1. The number of carbonyl (C=O) groups is 1. The molecule has 0 amide bonds. The van der Waals surface area contributed by atoms with Crippen LogP contribution in [0, 0.1) is 6.92 Å². The van der Waals surface area contributed by atoms with Crippen LogP contribution in [-0.2, 0) is 13.0 Å². The van der Waals surface area contributed by atoms with E-state index in [1.807, 2.05) is 24.3 Å². The first kappa shape index (κ1) is 12.9. The minimum Gasteiger partial charge on any atom is -0.489 e. The zero-order chi connectivity index (χ0) is 13.9. The van der Waals surface area contributed by atoms with Gasteiger partial charge in [-0.3, -0.25) is 4.79 Å². The summed E-state index contributed by atoms with van der Waals surface area (Å²) in [6.45, 7) is 2.61. The van der Waals surface area contributed by atoms with E-state index < -0.39 is 0 Å². The second-order valence-electron chi connectivity index (χ2n) is 5.37. The second kappa shape index (κ2) is 5.49. The van der Waals surface area contributed by atoms with Gasteiger partial charge in [-0.2, -0.15) is 0 Å². The van der Waals surface area contributed by atoms with Crippen molar-refractivity contribution in [2.24, 2.45) is 0 Å². The van der Waals surface area contributed by atoms with Crippen molar-refractivity contribution in [3.8, 4) is 5.75 Å². The minimum atomic E-state index is 0.243. The summed E-state index contributed by atoms with van der Waals surface area (Å²) in [5.74, 6) is 1.02. The van der Waals surface area contributed by atoms with Gasteiger partial charge in [-0.25, -0.2) is 0 Å². The third-order valence-corrected chi connectivity index (χ3v) is 3.72. The molecule has 2 aromatic carbocycles. The number of hydrogen-bond acceptors (Lipinski definition) is 2. The molecule has 1 aliphatic carbocycles. The van der Waals surface area contributed by atoms with Gasteiger partial charge >= 0.3 is 0 Å². The van der Waals surface area contributed by atoms with E-state index in [4.69, 9.17) is 4.74 Å². The van der Waals surface area contributed by atoms with E-state index in [0.29, 0.717) is 13.0 Å². The van der Waals surface area contributed by atoms with Crippen molar-refractivity contribution in [1.82, 2.24) is 0 Å². The van der Waals surface area contributed by atoms with Crippen LogP contribution in [0.2, 0.25) is 0 Å². The van der Waals surface area contributed by atoms with Crippen molar-refractivity contribution in [2.75, 3.05) is 0 Å². The lowest BCUT2D eigenvalue weighted by atomic mass is 9.90. The standard InChI is InChI=1S/C18H18O2/c1-13-4-2-5-14(10-13)12-20-16-9-8-15-6-3-7-18(19)17(15)11-16/h2,4-5,8-11H,3,6-7,12H2,1H3. The minimum absolute atomic E-state index is 0.243. The van der Waals surface area contributed by atoms with Crippen molar-refractivity contribution in [3.05, 3.63) is 64.7 Å². The third-order valence-electron chi connectivity index (χ3n) is 3.72. The Kier molecular flexibility index (Phi) is 3.55. The van der Waals surface area contributed by atoms with Gasteiger partial charge in [0.05, 0.1) is 0 Å². The molecule has 0 aromatic heterocycles.